The molecule has 2 unspecified atom stereocenters. The van der Waals surface area contributed by atoms with E-state index in [2.05, 4.69) is 9.97 Å². The van der Waals surface area contributed by atoms with Crippen LogP contribution in [0.2, 0.25) is 0 Å². The van der Waals surface area contributed by atoms with Gasteiger partial charge in [0.05, 0.1) is 14.2 Å². The van der Waals surface area contributed by atoms with E-state index in [0.29, 0.717) is 19.3 Å². The number of rotatable bonds is 8. The first-order valence-corrected chi connectivity index (χ1v) is 10.8. The molecule has 8 nitrogen and oxygen atoms in total. The molecule has 4 aromatic rings. The van der Waals surface area contributed by atoms with Crippen molar-refractivity contribution in [2.24, 2.45) is 11.5 Å². The van der Waals surface area contributed by atoms with Gasteiger partial charge < -0.3 is 30.9 Å². The van der Waals surface area contributed by atoms with Crippen molar-refractivity contribution in [1.29, 1.82) is 0 Å². The van der Waals surface area contributed by atoms with Gasteiger partial charge in [0.2, 0.25) is 0 Å². The predicted molar refractivity (Wildman–Crippen MR) is 127 cm³/mol. The largest absolute Gasteiger partial charge is 0.468 e. The Morgan fingerprint density at radius 1 is 0.758 bits per heavy atom. The van der Waals surface area contributed by atoms with Gasteiger partial charge in [0, 0.05) is 52.5 Å². The second-order valence-corrected chi connectivity index (χ2v) is 8.10. The van der Waals surface area contributed by atoms with Gasteiger partial charge in [-0.2, -0.15) is 0 Å². The quantitative estimate of drug-likeness (QED) is 0.305. The molecule has 2 aromatic carbocycles. The Balaban J connectivity index is 1.77. The number of hydrogen-bond acceptors (Lipinski definition) is 6. The average Bonchev–Trinajstić information content (AvgIpc) is 3.35. The molecule has 2 heterocycles. The lowest BCUT2D eigenvalue weighted by atomic mass is 9.97. The fraction of sp³-hybridized carbons (Fsp3) is 0.280. The molecular weight excluding hydrogens is 420 g/mol. The van der Waals surface area contributed by atoms with Gasteiger partial charge >= 0.3 is 11.9 Å². The molecule has 0 aliphatic heterocycles. The molecule has 6 N–H and O–H groups in total. The number of nitrogens with two attached hydrogens (primary N) is 2. The van der Waals surface area contributed by atoms with E-state index in [1.807, 2.05) is 48.5 Å². The summed E-state index contributed by atoms with van der Waals surface area (Å²) in [7, 11) is 2.67. The van der Waals surface area contributed by atoms with Gasteiger partial charge in [-0.05, 0) is 23.3 Å². The lowest BCUT2D eigenvalue weighted by Gasteiger charge is -2.13. The number of carbonyl (C=O) groups is 2. The van der Waals surface area contributed by atoms with E-state index in [-0.39, 0.29) is 0 Å². The van der Waals surface area contributed by atoms with Crippen molar-refractivity contribution >= 4 is 33.7 Å². The van der Waals surface area contributed by atoms with E-state index >= 15 is 0 Å². The second-order valence-electron chi connectivity index (χ2n) is 8.10. The highest BCUT2D eigenvalue weighted by Gasteiger charge is 2.23. The minimum absolute atomic E-state index is 0.337. The Morgan fingerprint density at radius 2 is 1.15 bits per heavy atom. The summed E-state index contributed by atoms with van der Waals surface area (Å²) >= 11 is 0. The molecule has 0 saturated carbocycles. The van der Waals surface area contributed by atoms with Crippen LogP contribution in [0.15, 0.2) is 48.5 Å². The van der Waals surface area contributed by atoms with Crippen LogP contribution in [0.4, 0.5) is 0 Å². The molecule has 0 amide bonds. The molecule has 0 aliphatic carbocycles. The van der Waals surface area contributed by atoms with E-state index < -0.39 is 24.0 Å². The number of esters is 2. The Hall–Kier alpha value is -3.62. The number of benzene rings is 2. The standard InChI is InChI=1S/C25H28N4O4/c1-32-24(30)18(26)11-16-14-7-3-5-9-20(14)28-22(16)13-23-17(12-19(27)25(31)33-2)15-8-4-6-10-21(15)29-23/h3-10,18-19,28-29H,11-13,26-27H2,1-2H3. The van der Waals surface area contributed by atoms with Crippen molar-refractivity contribution in [2.45, 2.75) is 31.3 Å². The maximum absolute atomic E-state index is 12.0. The number of para-hydroxylation sites is 2. The molecule has 33 heavy (non-hydrogen) atoms. The number of fused-ring (bicyclic) bond motifs is 2. The van der Waals surface area contributed by atoms with Crippen LogP contribution in [-0.2, 0) is 38.3 Å². The maximum Gasteiger partial charge on any atom is 0.322 e. The number of aromatic amines is 2. The van der Waals surface area contributed by atoms with Crippen LogP contribution in [0.1, 0.15) is 22.5 Å². The van der Waals surface area contributed by atoms with Gasteiger partial charge in [0.1, 0.15) is 12.1 Å². The lowest BCUT2D eigenvalue weighted by molar-refractivity contribution is -0.142. The van der Waals surface area contributed by atoms with E-state index in [1.54, 1.807) is 0 Å². The number of carbonyl (C=O) groups excluding carboxylic acids is 2. The number of nitrogens with one attached hydrogen (secondary N) is 2. The van der Waals surface area contributed by atoms with E-state index in [9.17, 15) is 9.59 Å². The predicted octanol–water partition coefficient (Wildman–Crippen LogP) is 2.33. The summed E-state index contributed by atoms with van der Waals surface area (Å²) in [5, 5.41) is 2.02. The number of aromatic nitrogens is 2. The molecule has 2 aromatic heterocycles. The molecule has 0 saturated heterocycles. The number of ether oxygens (including phenoxy) is 2. The third-order valence-corrected chi connectivity index (χ3v) is 6.01. The Labute approximate surface area is 191 Å². The highest BCUT2D eigenvalue weighted by atomic mass is 16.5. The van der Waals surface area contributed by atoms with E-state index in [1.165, 1.54) is 14.2 Å². The highest BCUT2D eigenvalue weighted by Crippen LogP contribution is 2.30. The highest BCUT2D eigenvalue weighted by molar-refractivity contribution is 5.88. The molecule has 8 heteroatoms. The summed E-state index contributed by atoms with van der Waals surface area (Å²) < 4.78 is 9.66. The third-order valence-electron chi connectivity index (χ3n) is 6.01. The smallest absolute Gasteiger partial charge is 0.322 e. The Kier molecular flexibility index (Phi) is 6.48. The van der Waals surface area contributed by atoms with Gasteiger partial charge in [0.15, 0.2) is 0 Å². The minimum atomic E-state index is -0.775. The summed E-state index contributed by atoms with van der Waals surface area (Å²) in [6.07, 6.45) is 1.20. The molecule has 4 rings (SSSR count). The van der Waals surface area contributed by atoms with Crippen molar-refractivity contribution in [3.05, 3.63) is 71.0 Å². The number of hydrogen-bond donors (Lipinski definition) is 4. The maximum atomic E-state index is 12.0. The van der Waals surface area contributed by atoms with Crippen LogP contribution >= 0.6 is 0 Å². The average molecular weight is 449 g/mol. The zero-order valence-electron chi connectivity index (χ0n) is 18.7. The van der Waals surface area contributed by atoms with Crippen LogP contribution in [0.5, 0.6) is 0 Å². The second kappa shape index (κ2) is 9.48. The van der Waals surface area contributed by atoms with E-state index in [4.69, 9.17) is 20.9 Å². The minimum Gasteiger partial charge on any atom is -0.468 e. The van der Waals surface area contributed by atoms with Crippen LogP contribution in [0.3, 0.4) is 0 Å². The first-order chi connectivity index (χ1) is 15.9. The first-order valence-electron chi connectivity index (χ1n) is 10.8. The summed E-state index contributed by atoms with van der Waals surface area (Å²) in [5.41, 5.74) is 18.0. The van der Waals surface area contributed by atoms with Crippen molar-refractivity contribution in [3.8, 4) is 0 Å². The lowest BCUT2D eigenvalue weighted by Crippen LogP contribution is -2.34. The topological polar surface area (TPSA) is 136 Å². The van der Waals surface area contributed by atoms with Gasteiger partial charge in [-0.1, -0.05) is 36.4 Å². The Morgan fingerprint density at radius 3 is 1.55 bits per heavy atom. The molecular formula is C25H28N4O4. The monoisotopic (exact) mass is 448 g/mol. The normalized spacial score (nSPS) is 13.2. The van der Waals surface area contributed by atoms with Crippen molar-refractivity contribution in [1.82, 2.24) is 9.97 Å². The fourth-order valence-corrected chi connectivity index (χ4v) is 4.37. The molecule has 0 spiro atoms. The van der Waals surface area contributed by atoms with Crippen molar-refractivity contribution in [2.75, 3.05) is 14.2 Å². The SMILES string of the molecule is COC(=O)C(N)Cc1c(Cc2[nH]c3ccccc3c2CC(N)C(=O)OC)[nH]c2ccccc12. The van der Waals surface area contributed by atoms with Gasteiger partial charge in [-0.25, -0.2) is 0 Å². The molecule has 0 fully saturated rings. The van der Waals surface area contributed by atoms with Crippen LogP contribution in [0, 0.1) is 0 Å². The molecule has 0 bridgehead atoms. The van der Waals surface area contributed by atoms with Crippen LogP contribution < -0.4 is 11.5 Å². The molecule has 0 aliphatic rings. The third kappa shape index (κ3) is 4.48. The zero-order valence-corrected chi connectivity index (χ0v) is 18.7. The first kappa shape index (κ1) is 22.6. The van der Waals surface area contributed by atoms with E-state index in [0.717, 1.165) is 44.3 Å². The summed E-state index contributed by atoms with van der Waals surface area (Å²) in [5.74, 6) is -0.914. The summed E-state index contributed by atoms with van der Waals surface area (Å²) in [6, 6.07) is 14.3. The molecule has 172 valence electrons. The van der Waals surface area contributed by atoms with Gasteiger partial charge in [0.25, 0.3) is 0 Å². The zero-order chi connectivity index (χ0) is 23.5. The van der Waals surface area contributed by atoms with Crippen LogP contribution in [0.25, 0.3) is 21.8 Å². The van der Waals surface area contributed by atoms with Crippen molar-refractivity contribution in [3.63, 3.8) is 0 Å². The number of methoxy groups -OCH3 is 2. The Bertz CT molecular complexity index is 1210. The van der Waals surface area contributed by atoms with Crippen molar-refractivity contribution < 1.29 is 19.1 Å². The molecule has 2 atom stereocenters. The molecule has 0 radical (unpaired) electrons. The van der Waals surface area contributed by atoms with Crippen LogP contribution in [-0.4, -0.2) is 48.2 Å². The number of H-pyrrole nitrogens is 2. The summed E-state index contributed by atoms with van der Waals surface area (Å²) in [4.78, 5) is 31.0. The summed E-state index contributed by atoms with van der Waals surface area (Å²) in [6.45, 7) is 0. The van der Waals surface area contributed by atoms with Gasteiger partial charge in [-0.15, -0.1) is 0 Å². The fourth-order valence-electron chi connectivity index (χ4n) is 4.37. The van der Waals surface area contributed by atoms with Gasteiger partial charge in [-0.3, -0.25) is 9.59 Å².